The summed E-state index contributed by atoms with van der Waals surface area (Å²) < 4.78 is 18.9. The number of ether oxygens (including phenoxy) is 1. The van der Waals surface area contributed by atoms with Crippen molar-refractivity contribution in [3.05, 3.63) is 59.7 Å². The van der Waals surface area contributed by atoms with Gasteiger partial charge in [0.25, 0.3) is 0 Å². The van der Waals surface area contributed by atoms with Crippen LogP contribution in [0.1, 0.15) is 6.42 Å². The molecule has 3 aromatic rings. The Kier molecular flexibility index (Phi) is 7.02. The van der Waals surface area contributed by atoms with E-state index in [9.17, 15) is 14.3 Å². The molecule has 0 saturated carbocycles. The number of carbonyl (C=O) groups excluding carboxylic acids is 1. The Balaban J connectivity index is 1.55. The van der Waals surface area contributed by atoms with Crippen molar-refractivity contribution in [3.8, 4) is 5.75 Å². The van der Waals surface area contributed by atoms with E-state index in [4.69, 9.17) is 16.3 Å². The van der Waals surface area contributed by atoms with Crippen LogP contribution in [0.2, 0.25) is 5.02 Å². The minimum Gasteiger partial charge on any atom is -0.494 e. The van der Waals surface area contributed by atoms with E-state index in [1.54, 1.807) is 24.3 Å². The van der Waals surface area contributed by atoms with Crippen LogP contribution in [0.25, 0.3) is 10.9 Å². The molecular formula is C23H23ClFN5O3. The molecule has 1 amide bonds. The molecule has 3 N–H and O–H groups in total. The Morgan fingerprint density at radius 1 is 1.36 bits per heavy atom. The van der Waals surface area contributed by atoms with Gasteiger partial charge in [0.15, 0.2) is 0 Å². The van der Waals surface area contributed by atoms with Crippen LogP contribution >= 0.6 is 11.6 Å². The zero-order valence-electron chi connectivity index (χ0n) is 17.9. The summed E-state index contributed by atoms with van der Waals surface area (Å²) in [4.78, 5) is 23.1. The second kappa shape index (κ2) is 10.1. The smallest absolute Gasteiger partial charge is 0.248 e. The fraction of sp³-hybridized carbons (Fsp3) is 0.261. The highest BCUT2D eigenvalue weighted by atomic mass is 35.5. The number of aliphatic hydroxyl groups excluding tert-OH is 1. The van der Waals surface area contributed by atoms with E-state index in [2.05, 4.69) is 25.5 Å². The number of hydrogen-bond acceptors (Lipinski definition) is 7. The molecule has 10 heteroatoms. The van der Waals surface area contributed by atoms with Gasteiger partial charge in [0.1, 0.15) is 23.7 Å². The zero-order valence-corrected chi connectivity index (χ0v) is 18.6. The highest BCUT2D eigenvalue weighted by Crippen LogP contribution is 2.33. The Hall–Kier alpha value is -3.27. The summed E-state index contributed by atoms with van der Waals surface area (Å²) in [6.07, 6.45) is 5.58. The van der Waals surface area contributed by atoms with E-state index in [1.165, 1.54) is 31.6 Å². The summed E-state index contributed by atoms with van der Waals surface area (Å²) in [5, 5.41) is 15.8. The number of amides is 1. The molecule has 4 rings (SSSR count). The van der Waals surface area contributed by atoms with Gasteiger partial charge in [0, 0.05) is 42.3 Å². The number of methoxy groups -OCH3 is 1. The van der Waals surface area contributed by atoms with Crippen LogP contribution in [0.4, 0.5) is 21.6 Å². The molecular weight excluding hydrogens is 449 g/mol. The predicted octanol–water partition coefficient (Wildman–Crippen LogP) is 3.74. The van der Waals surface area contributed by atoms with Gasteiger partial charge in [-0.05, 0) is 30.7 Å². The third-order valence-electron chi connectivity index (χ3n) is 5.48. The first-order valence-corrected chi connectivity index (χ1v) is 10.7. The summed E-state index contributed by atoms with van der Waals surface area (Å²) in [5.41, 5.74) is 1.60. The lowest BCUT2D eigenvalue weighted by Crippen LogP contribution is -2.49. The molecule has 1 aliphatic heterocycles. The maximum absolute atomic E-state index is 13.5. The molecule has 2 aromatic carbocycles. The molecule has 0 radical (unpaired) electrons. The van der Waals surface area contributed by atoms with E-state index in [0.717, 1.165) is 13.0 Å². The average Bonchev–Trinajstić information content (AvgIpc) is 2.78. The van der Waals surface area contributed by atoms with Crippen LogP contribution in [0.15, 0.2) is 48.8 Å². The summed E-state index contributed by atoms with van der Waals surface area (Å²) >= 11 is 5.88. The largest absolute Gasteiger partial charge is 0.494 e. The Morgan fingerprint density at radius 3 is 2.91 bits per heavy atom. The number of aliphatic hydroxyl groups is 1. The number of likely N-dealkylation sites (tertiary alicyclic amines) is 1. The average molecular weight is 472 g/mol. The monoisotopic (exact) mass is 471 g/mol. The summed E-state index contributed by atoms with van der Waals surface area (Å²) in [6.45, 7) is 1.62. The molecule has 1 fully saturated rings. The van der Waals surface area contributed by atoms with Crippen LogP contribution in [-0.2, 0) is 4.79 Å². The second-order valence-corrected chi connectivity index (χ2v) is 7.96. The van der Waals surface area contributed by atoms with Crippen LogP contribution in [0, 0.1) is 5.82 Å². The van der Waals surface area contributed by atoms with E-state index in [1.807, 2.05) is 0 Å². The van der Waals surface area contributed by atoms with Crippen molar-refractivity contribution in [2.45, 2.75) is 12.5 Å². The van der Waals surface area contributed by atoms with Crippen LogP contribution in [-0.4, -0.2) is 58.7 Å². The third-order valence-corrected chi connectivity index (χ3v) is 5.77. The molecule has 0 spiro atoms. The molecule has 1 atom stereocenters. The zero-order chi connectivity index (χ0) is 23.4. The molecule has 0 aliphatic carbocycles. The van der Waals surface area contributed by atoms with Crippen molar-refractivity contribution in [2.24, 2.45) is 0 Å². The standard InChI is InChI=1S/C23H23ClFN5O3/c1-33-21-11-19-16(23(27-13-26-19)28-14-4-5-18(25)17(24)9-14)10-20(21)29-22(32)3-2-7-30-8-6-15(30)12-31/h2-5,9-11,13,15,31H,6-8,12H2,1H3,(H,29,32)(H,26,27,28). The Morgan fingerprint density at radius 2 is 2.21 bits per heavy atom. The third kappa shape index (κ3) is 5.22. The predicted molar refractivity (Wildman–Crippen MR) is 126 cm³/mol. The first-order valence-electron chi connectivity index (χ1n) is 10.4. The number of fused-ring (bicyclic) bond motifs is 1. The quantitative estimate of drug-likeness (QED) is 0.430. The number of nitrogens with zero attached hydrogens (tertiary/aromatic N) is 3. The van der Waals surface area contributed by atoms with E-state index in [-0.39, 0.29) is 23.6 Å². The second-order valence-electron chi connectivity index (χ2n) is 7.56. The molecule has 1 unspecified atom stereocenters. The molecule has 8 nitrogen and oxygen atoms in total. The number of nitrogens with one attached hydrogen (secondary N) is 2. The maximum Gasteiger partial charge on any atom is 0.248 e. The van der Waals surface area contributed by atoms with E-state index in [0.29, 0.717) is 40.4 Å². The number of anilines is 3. The first kappa shape index (κ1) is 22.9. The Labute approximate surface area is 195 Å². The van der Waals surface area contributed by atoms with Crippen LogP contribution in [0.3, 0.4) is 0 Å². The molecule has 0 bridgehead atoms. The molecule has 33 heavy (non-hydrogen) atoms. The highest BCUT2D eigenvalue weighted by molar-refractivity contribution is 6.31. The van der Waals surface area contributed by atoms with Gasteiger partial charge in [0.05, 0.1) is 29.9 Å². The number of rotatable bonds is 8. The minimum atomic E-state index is -0.515. The topological polar surface area (TPSA) is 99.6 Å². The fourth-order valence-corrected chi connectivity index (χ4v) is 3.75. The normalized spacial score (nSPS) is 16.1. The van der Waals surface area contributed by atoms with Gasteiger partial charge in [-0.15, -0.1) is 0 Å². The summed E-state index contributed by atoms with van der Waals surface area (Å²) in [5.74, 6) is 0.0787. The molecule has 1 aromatic heterocycles. The number of benzene rings is 2. The highest BCUT2D eigenvalue weighted by Gasteiger charge is 2.25. The molecule has 2 heterocycles. The first-order chi connectivity index (χ1) is 16.0. The minimum absolute atomic E-state index is 0.0108. The van der Waals surface area contributed by atoms with Crippen molar-refractivity contribution in [3.63, 3.8) is 0 Å². The van der Waals surface area contributed by atoms with Crippen molar-refractivity contribution in [1.82, 2.24) is 14.9 Å². The van der Waals surface area contributed by atoms with Crippen molar-refractivity contribution < 1.29 is 19.0 Å². The Bertz CT molecular complexity index is 1200. The molecule has 1 saturated heterocycles. The fourth-order valence-electron chi connectivity index (χ4n) is 3.57. The van der Waals surface area contributed by atoms with E-state index >= 15 is 0 Å². The maximum atomic E-state index is 13.5. The number of aromatic nitrogens is 2. The van der Waals surface area contributed by atoms with Gasteiger partial charge in [-0.3, -0.25) is 9.69 Å². The number of halogens is 2. The van der Waals surface area contributed by atoms with Crippen LogP contribution in [0.5, 0.6) is 5.75 Å². The van der Waals surface area contributed by atoms with Gasteiger partial charge in [-0.1, -0.05) is 17.7 Å². The van der Waals surface area contributed by atoms with Crippen molar-refractivity contribution in [1.29, 1.82) is 0 Å². The number of carbonyl (C=O) groups is 1. The van der Waals surface area contributed by atoms with Gasteiger partial charge in [0.2, 0.25) is 5.91 Å². The molecule has 172 valence electrons. The summed E-state index contributed by atoms with van der Waals surface area (Å²) in [7, 11) is 1.51. The lowest BCUT2D eigenvalue weighted by atomic mass is 10.0. The number of hydrogen-bond donors (Lipinski definition) is 3. The SMILES string of the molecule is COc1cc2ncnc(Nc3ccc(F)c(Cl)c3)c2cc1NC(=O)C=CCN1CCC1CO. The van der Waals surface area contributed by atoms with Gasteiger partial charge >= 0.3 is 0 Å². The van der Waals surface area contributed by atoms with Crippen LogP contribution < -0.4 is 15.4 Å². The van der Waals surface area contributed by atoms with Gasteiger partial charge < -0.3 is 20.5 Å². The lowest BCUT2D eigenvalue weighted by molar-refractivity contribution is -0.111. The lowest BCUT2D eigenvalue weighted by Gasteiger charge is -2.39. The summed E-state index contributed by atoms with van der Waals surface area (Å²) in [6, 6.07) is 7.85. The van der Waals surface area contributed by atoms with Crippen molar-refractivity contribution >= 4 is 45.6 Å². The van der Waals surface area contributed by atoms with Gasteiger partial charge in [-0.2, -0.15) is 0 Å². The van der Waals surface area contributed by atoms with Crippen molar-refractivity contribution in [2.75, 3.05) is 37.4 Å². The van der Waals surface area contributed by atoms with E-state index < -0.39 is 5.82 Å². The van der Waals surface area contributed by atoms with Gasteiger partial charge in [-0.25, -0.2) is 14.4 Å². The molecule has 1 aliphatic rings.